The first-order chi connectivity index (χ1) is 13.6. The SMILES string of the molecule is Cc1cccc2c(Nc3cccc(Cl)c3)ccc(C(=O)N3CC4CC(C3)O4)c12. The molecule has 3 aromatic rings. The van der Waals surface area contributed by atoms with E-state index in [9.17, 15) is 4.79 Å². The molecule has 3 heterocycles. The third kappa shape index (κ3) is 3.03. The lowest BCUT2D eigenvalue weighted by atomic mass is 9.95. The maximum absolute atomic E-state index is 13.3. The normalized spacial score (nSPS) is 20.7. The fourth-order valence-electron chi connectivity index (χ4n) is 4.29. The molecule has 2 unspecified atom stereocenters. The van der Waals surface area contributed by atoms with Crippen molar-refractivity contribution in [3.63, 3.8) is 0 Å². The molecular formula is C23H21ClN2O2. The fraction of sp³-hybridized carbons (Fsp3) is 0.261. The van der Waals surface area contributed by atoms with Crippen LogP contribution in [0.1, 0.15) is 22.3 Å². The second-order valence-corrected chi connectivity index (χ2v) is 8.06. The number of ether oxygens (including phenoxy) is 1. The zero-order chi connectivity index (χ0) is 19.3. The molecule has 0 aromatic heterocycles. The van der Waals surface area contributed by atoms with Gasteiger partial charge < -0.3 is 15.0 Å². The number of hydrogen-bond donors (Lipinski definition) is 1. The molecule has 3 aromatic carbocycles. The number of anilines is 2. The van der Waals surface area contributed by atoms with E-state index in [4.69, 9.17) is 16.3 Å². The molecule has 4 nitrogen and oxygen atoms in total. The Bertz CT molecular complexity index is 1070. The minimum absolute atomic E-state index is 0.0894. The molecule has 5 heteroatoms. The van der Waals surface area contributed by atoms with Crippen LogP contribution in [0.15, 0.2) is 54.6 Å². The molecular weight excluding hydrogens is 372 g/mol. The Kier molecular flexibility index (Phi) is 4.26. The first kappa shape index (κ1) is 17.5. The van der Waals surface area contributed by atoms with Gasteiger partial charge in [0.1, 0.15) is 0 Å². The topological polar surface area (TPSA) is 41.6 Å². The van der Waals surface area contributed by atoms with Crippen LogP contribution >= 0.6 is 11.6 Å². The number of amides is 1. The van der Waals surface area contributed by atoms with E-state index in [-0.39, 0.29) is 18.1 Å². The second kappa shape index (κ2) is 6.80. The molecule has 0 spiro atoms. The van der Waals surface area contributed by atoms with E-state index < -0.39 is 0 Å². The van der Waals surface area contributed by atoms with Crippen molar-refractivity contribution in [3.05, 3.63) is 70.7 Å². The third-order valence-electron chi connectivity index (χ3n) is 5.63. The Hall–Kier alpha value is -2.56. The number of carbonyl (C=O) groups excluding carboxylic acids is 1. The molecule has 6 rings (SSSR count). The number of halogens is 1. The highest BCUT2D eigenvalue weighted by Gasteiger charge is 2.40. The van der Waals surface area contributed by atoms with E-state index in [0.717, 1.165) is 39.7 Å². The summed E-state index contributed by atoms with van der Waals surface area (Å²) < 4.78 is 5.68. The van der Waals surface area contributed by atoms with Crippen LogP contribution in [0.4, 0.5) is 11.4 Å². The Morgan fingerprint density at radius 2 is 1.86 bits per heavy atom. The number of aryl methyl sites for hydroxylation is 1. The molecule has 3 saturated heterocycles. The van der Waals surface area contributed by atoms with Gasteiger partial charge in [0.2, 0.25) is 0 Å². The van der Waals surface area contributed by atoms with Crippen molar-refractivity contribution in [2.24, 2.45) is 0 Å². The number of benzene rings is 3. The van der Waals surface area contributed by atoms with Crippen LogP contribution in [-0.2, 0) is 4.74 Å². The van der Waals surface area contributed by atoms with E-state index in [1.165, 1.54) is 0 Å². The minimum Gasteiger partial charge on any atom is -0.371 e. The summed E-state index contributed by atoms with van der Waals surface area (Å²) in [4.78, 5) is 15.2. The molecule has 28 heavy (non-hydrogen) atoms. The molecule has 3 fully saturated rings. The van der Waals surface area contributed by atoms with E-state index in [1.807, 2.05) is 47.4 Å². The maximum Gasteiger partial charge on any atom is 0.254 e. The van der Waals surface area contributed by atoms with Crippen molar-refractivity contribution in [2.75, 3.05) is 18.4 Å². The minimum atomic E-state index is 0.0894. The summed E-state index contributed by atoms with van der Waals surface area (Å²) in [5.41, 5.74) is 3.73. The first-order valence-electron chi connectivity index (χ1n) is 9.58. The summed E-state index contributed by atoms with van der Waals surface area (Å²) in [5.74, 6) is 0.0894. The average Bonchev–Trinajstić information content (AvgIpc) is 2.68. The molecule has 142 valence electrons. The van der Waals surface area contributed by atoms with Gasteiger partial charge in [-0.3, -0.25) is 4.79 Å². The third-order valence-corrected chi connectivity index (χ3v) is 5.86. The van der Waals surface area contributed by atoms with Crippen molar-refractivity contribution in [1.29, 1.82) is 0 Å². The second-order valence-electron chi connectivity index (χ2n) is 7.62. The molecule has 1 amide bonds. The summed E-state index contributed by atoms with van der Waals surface area (Å²) in [5, 5.41) is 6.16. The molecule has 1 N–H and O–H groups in total. The summed E-state index contributed by atoms with van der Waals surface area (Å²) in [6.45, 7) is 3.43. The first-order valence-corrected chi connectivity index (χ1v) is 9.96. The summed E-state index contributed by atoms with van der Waals surface area (Å²) in [6, 6.07) is 17.7. The van der Waals surface area contributed by atoms with Gasteiger partial charge in [-0.25, -0.2) is 0 Å². The van der Waals surface area contributed by atoms with E-state index in [2.05, 4.69) is 24.4 Å². The van der Waals surface area contributed by atoms with Crippen LogP contribution in [0.2, 0.25) is 5.02 Å². The fourth-order valence-corrected chi connectivity index (χ4v) is 4.48. The highest BCUT2D eigenvalue weighted by atomic mass is 35.5. The Labute approximate surface area is 169 Å². The van der Waals surface area contributed by atoms with Gasteiger partial charge in [0, 0.05) is 46.9 Å². The van der Waals surface area contributed by atoms with E-state index in [0.29, 0.717) is 18.1 Å². The van der Waals surface area contributed by atoms with Gasteiger partial charge in [0.15, 0.2) is 0 Å². The highest BCUT2D eigenvalue weighted by Crippen LogP contribution is 2.34. The van der Waals surface area contributed by atoms with Gasteiger partial charge in [-0.15, -0.1) is 0 Å². The van der Waals surface area contributed by atoms with Crippen LogP contribution < -0.4 is 5.32 Å². The maximum atomic E-state index is 13.3. The lowest BCUT2D eigenvalue weighted by Crippen LogP contribution is -2.58. The standard InChI is InChI=1S/C23H21ClN2O2/c1-14-4-2-7-19-21(25-16-6-3-5-15(24)10-16)9-8-20(22(14)19)23(27)26-12-17-11-18(13-26)28-17/h2-10,17-18,25H,11-13H2,1H3. The molecule has 2 bridgehead atoms. The Balaban J connectivity index is 1.55. The van der Waals surface area contributed by atoms with Crippen molar-refractivity contribution in [2.45, 2.75) is 25.6 Å². The number of morpholine rings is 1. The van der Waals surface area contributed by atoms with Crippen molar-refractivity contribution >= 4 is 39.7 Å². The average molecular weight is 393 g/mol. The number of nitrogens with zero attached hydrogens (tertiary/aromatic N) is 1. The Morgan fingerprint density at radius 3 is 2.61 bits per heavy atom. The van der Waals surface area contributed by atoms with Crippen LogP contribution in [0, 0.1) is 6.92 Å². The number of piperidine rings is 1. The lowest BCUT2D eigenvalue weighted by Gasteiger charge is -2.47. The number of carbonyl (C=O) groups is 1. The van der Waals surface area contributed by atoms with Crippen LogP contribution in [0.25, 0.3) is 10.8 Å². The van der Waals surface area contributed by atoms with Crippen LogP contribution in [0.5, 0.6) is 0 Å². The smallest absolute Gasteiger partial charge is 0.254 e. The van der Waals surface area contributed by atoms with E-state index in [1.54, 1.807) is 0 Å². The molecule has 0 aliphatic carbocycles. The molecule has 2 atom stereocenters. The highest BCUT2D eigenvalue weighted by molar-refractivity contribution is 6.30. The van der Waals surface area contributed by atoms with Crippen LogP contribution in [-0.4, -0.2) is 36.1 Å². The molecule has 3 aliphatic rings. The van der Waals surface area contributed by atoms with Gasteiger partial charge in [0.05, 0.1) is 12.2 Å². The molecule has 3 aliphatic heterocycles. The predicted molar refractivity (Wildman–Crippen MR) is 113 cm³/mol. The monoisotopic (exact) mass is 392 g/mol. The van der Waals surface area contributed by atoms with Gasteiger partial charge in [-0.1, -0.05) is 35.9 Å². The zero-order valence-corrected chi connectivity index (χ0v) is 16.4. The van der Waals surface area contributed by atoms with E-state index >= 15 is 0 Å². The summed E-state index contributed by atoms with van der Waals surface area (Å²) in [6.07, 6.45) is 1.49. The van der Waals surface area contributed by atoms with Gasteiger partial charge >= 0.3 is 0 Å². The molecule has 0 saturated carbocycles. The van der Waals surface area contributed by atoms with Crippen LogP contribution in [0.3, 0.4) is 0 Å². The lowest BCUT2D eigenvalue weighted by molar-refractivity contribution is -0.171. The molecule has 0 radical (unpaired) electrons. The van der Waals surface area contributed by atoms with Crippen molar-refractivity contribution < 1.29 is 9.53 Å². The predicted octanol–water partition coefficient (Wildman–Crippen LogP) is 5.16. The number of rotatable bonds is 3. The zero-order valence-electron chi connectivity index (χ0n) is 15.6. The number of nitrogens with one attached hydrogen (secondary N) is 1. The number of hydrogen-bond acceptors (Lipinski definition) is 3. The van der Waals surface area contributed by atoms with Gasteiger partial charge in [0.25, 0.3) is 5.91 Å². The van der Waals surface area contributed by atoms with Gasteiger partial charge in [-0.05, 0) is 48.2 Å². The van der Waals surface area contributed by atoms with Gasteiger partial charge in [-0.2, -0.15) is 0 Å². The summed E-state index contributed by atoms with van der Waals surface area (Å²) in [7, 11) is 0. The largest absolute Gasteiger partial charge is 0.371 e. The quantitative estimate of drug-likeness (QED) is 0.669. The number of fused-ring (bicyclic) bond motifs is 3. The Morgan fingerprint density at radius 1 is 1.11 bits per heavy atom. The van der Waals surface area contributed by atoms with Crippen molar-refractivity contribution in [1.82, 2.24) is 4.90 Å². The summed E-state index contributed by atoms with van der Waals surface area (Å²) >= 11 is 6.12. The van der Waals surface area contributed by atoms with Crippen molar-refractivity contribution in [3.8, 4) is 0 Å².